The van der Waals surface area contributed by atoms with Gasteiger partial charge in [0.25, 0.3) is 0 Å². The maximum absolute atomic E-state index is 14.0. The summed E-state index contributed by atoms with van der Waals surface area (Å²) in [6.07, 6.45) is 42.6. The smallest absolute Gasteiger partial charge is 0.329 e. The fourth-order valence-corrected chi connectivity index (χ4v) is 8.57. The maximum atomic E-state index is 14.0. The van der Waals surface area contributed by atoms with Crippen molar-refractivity contribution in [1.82, 2.24) is 4.90 Å². The number of hydrogen-bond acceptors (Lipinski definition) is 3. The zero-order valence-corrected chi connectivity index (χ0v) is 39.0. The molecule has 0 saturated heterocycles. The monoisotopic (exact) mass is 808 g/mol. The van der Waals surface area contributed by atoms with Crippen molar-refractivity contribution in [2.45, 2.75) is 270 Å². The number of hydrogen-bond donors (Lipinski definition) is 2. The van der Waals surface area contributed by atoms with Gasteiger partial charge in [-0.3, -0.25) is 9.59 Å². The van der Waals surface area contributed by atoms with Crippen LogP contribution in [-0.4, -0.2) is 77.2 Å². The van der Waals surface area contributed by atoms with Gasteiger partial charge in [0.15, 0.2) is 0 Å². The minimum Gasteiger partial charge on any atom is -0.481 e. The van der Waals surface area contributed by atoms with Crippen LogP contribution in [-0.2, 0) is 14.4 Å². The van der Waals surface area contributed by atoms with Gasteiger partial charge >= 0.3 is 11.9 Å². The molecule has 1 amide bonds. The molecule has 0 rings (SSSR count). The molecule has 0 aliphatic rings. The van der Waals surface area contributed by atoms with E-state index < -0.39 is 17.5 Å². The zero-order chi connectivity index (χ0) is 42.3. The van der Waals surface area contributed by atoms with Gasteiger partial charge in [-0.15, -0.1) is 0 Å². The molecule has 0 aliphatic heterocycles. The van der Waals surface area contributed by atoms with Crippen LogP contribution in [0.4, 0.5) is 0 Å². The molecule has 0 unspecified atom stereocenters. The Labute approximate surface area is 354 Å². The molecule has 338 valence electrons. The van der Waals surface area contributed by atoms with Gasteiger partial charge in [0.05, 0.1) is 27.7 Å². The summed E-state index contributed by atoms with van der Waals surface area (Å²) >= 11 is 0. The standard InChI is InChI=1S/C50H98N2O5/c1-6-8-10-12-14-16-18-20-22-24-26-30-34-38-43-50(49(56)57,44-42-48(54)55)51(47(53)41-37-33-29-28-32-36-40-46-52(3,4)5)45-39-35-31-27-25-23-21-19-17-15-13-11-9-7-2/h6-46H2,1-5H3,(H-,54,55,56,57)/p+1/t50-/m1/s1. The van der Waals surface area contributed by atoms with Gasteiger partial charge < -0.3 is 19.6 Å². The molecule has 0 heterocycles. The molecule has 57 heavy (non-hydrogen) atoms. The lowest BCUT2D eigenvalue weighted by atomic mass is 9.84. The van der Waals surface area contributed by atoms with Gasteiger partial charge in [0.1, 0.15) is 5.54 Å². The Hall–Kier alpha value is -1.63. The molecule has 0 bridgehead atoms. The molecule has 0 aromatic carbocycles. The summed E-state index contributed by atoms with van der Waals surface area (Å²) in [5.74, 6) is -2.11. The molecule has 7 heteroatoms. The predicted molar refractivity (Wildman–Crippen MR) is 244 cm³/mol. The number of rotatable bonds is 45. The van der Waals surface area contributed by atoms with E-state index in [1.807, 2.05) is 0 Å². The van der Waals surface area contributed by atoms with Crippen molar-refractivity contribution in [3.63, 3.8) is 0 Å². The number of carboxylic acids is 2. The number of quaternary nitrogens is 1. The third kappa shape index (κ3) is 33.9. The Morgan fingerprint density at radius 2 is 0.754 bits per heavy atom. The first-order valence-electron chi connectivity index (χ1n) is 25.1. The lowest BCUT2D eigenvalue weighted by Gasteiger charge is -2.41. The van der Waals surface area contributed by atoms with Crippen molar-refractivity contribution in [3.8, 4) is 0 Å². The van der Waals surface area contributed by atoms with Gasteiger partial charge in [-0.05, 0) is 38.5 Å². The van der Waals surface area contributed by atoms with E-state index in [1.165, 1.54) is 167 Å². The van der Waals surface area contributed by atoms with Crippen LogP contribution in [0.2, 0.25) is 0 Å². The van der Waals surface area contributed by atoms with Crippen molar-refractivity contribution in [2.75, 3.05) is 34.2 Å². The van der Waals surface area contributed by atoms with E-state index in [1.54, 1.807) is 4.90 Å². The average molecular weight is 808 g/mol. The highest BCUT2D eigenvalue weighted by atomic mass is 16.4. The highest BCUT2D eigenvalue weighted by Crippen LogP contribution is 2.32. The molecule has 0 fully saturated rings. The normalized spacial score (nSPS) is 12.9. The molecule has 7 nitrogen and oxygen atoms in total. The summed E-state index contributed by atoms with van der Waals surface area (Å²) < 4.78 is 1.00. The van der Waals surface area contributed by atoms with Crippen molar-refractivity contribution in [3.05, 3.63) is 0 Å². The Kier molecular flexibility index (Phi) is 37.5. The highest BCUT2D eigenvalue weighted by Gasteiger charge is 2.45. The van der Waals surface area contributed by atoms with Crippen LogP contribution in [0.15, 0.2) is 0 Å². The first-order valence-corrected chi connectivity index (χ1v) is 25.1. The molecule has 0 aromatic heterocycles. The quantitative estimate of drug-likeness (QED) is 0.0472. The van der Waals surface area contributed by atoms with Crippen molar-refractivity contribution < 1.29 is 29.1 Å². The molecular formula is C50H99N2O5+. The largest absolute Gasteiger partial charge is 0.481 e. The van der Waals surface area contributed by atoms with Crippen LogP contribution < -0.4 is 0 Å². The number of carbonyl (C=O) groups excluding carboxylic acids is 1. The van der Waals surface area contributed by atoms with E-state index in [0.717, 1.165) is 62.3 Å². The molecule has 0 spiro atoms. The highest BCUT2D eigenvalue weighted by molar-refractivity contribution is 5.87. The summed E-state index contributed by atoms with van der Waals surface area (Å²) in [4.78, 5) is 40.8. The van der Waals surface area contributed by atoms with Gasteiger partial charge in [0, 0.05) is 19.4 Å². The SMILES string of the molecule is CCCCCCCCCCCCCCCCN(C(=O)CCCCCCCCC[N+](C)(C)C)[C@](CCCCCCCCCCCCCCCC)(CCC(=O)O)C(=O)O. The Morgan fingerprint density at radius 3 is 1.11 bits per heavy atom. The zero-order valence-electron chi connectivity index (χ0n) is 39.0. The van der Waals surface area contributed by atoms with E-state index in [0.29, 0.717) is 25.8 Å². The van der Waals surface area contributed by atoms with E-state index in [-0.39, 0.29) is 18.7 Å². The molecular weight excluding hydrogens is 709 g/mol. The molecule has 0 aromatic rings. The third-order valence-electron chi connectivity index (χ3n) is 12.4. The average Bonchev–Trinajstić information content (AvgIpc) is 3.16. The van der Waals surface area contributed by atoms with Crippen molar-refractivity contribution in [1.29, 1.82) is 0 Å². The second kappa shape index (κ2) is 38.6. The summed E-state index contributed by atoms with van der Waals surface area (Å²) in [6, 6.07) is 0. The lowest BCUT2D eigenvalue weighted by Crippen LogP contribution is -2.57. The summed E-state index contributed by atoms with van der Waals surface area (Å²) in [7, 11) is 6.71. The number of carbonyl (C=O) groups is 3. The van der Waals surface area contributed by atoms with Gasteiger partial charge in [-0.25, -0.2) is 4.79 Å². The van der Waals surface area contributed by atoms with E-state index in [9.17, 15) is 24.6 Å². The van der Waals surface area contributed by atoms with Crippen LogP contribution in [0.25, 0.3) is 0 Å². The van der Waals surface area contributed by atoms with Crippen LogP contribution >= 0.6 is 0 Å². The van der Waals surface area contributed by atoms with E-state index >= 15 is 0 Å². The Bertz CT molecular complexity index is 934. The molecule has 1 atom stereocenters. The molecule has 0 radical (unpaired) electrons. The fraction of sp³-hybridized carbons (Fsp3) is 0.940. The number of aliphatic carboxylic acids is 2. The first kappa shape index (κ1) is 55.4. The van der Waals surface area contributed by atoms with Crippen LogP contribution in [0.3, 0.4) is 0 Å². The van der Waals surface area contributed by atoms with Crippen LogP contribution in [0.5, 0.6) is 0 Å². The Balaban J connectivity index is 5.13. The van der Waals surface area contributed by atoms with E-state index in [4.69, 9.17) is 0 Å². The topological polar surface area (TPSA) is 94.9 Å². The van der Waals surface area contributed by atoms with Gasteiger partial charge in [0.2, 0.25) is 5.91 Å². The van der Waals surface area contributed by atoms with Crippen molar-refractivity contribution in [2.24, 2.45) is 0 Å². The Morgan fingerprint density at radius 1 is 0.421 bits per heavy atom. The number of unbranched alkanes of at least 4 members (excludes halogenated alkanes) is 32. The molecule has 0 saturated carbocycles. The third-order valence-corrected chi connectivity index (χ3v) is 12.4. The minimum absolute atomic E-state index is 0.0201. The molecule has 2 N–H and O–H groups in total. The van der Waals surface area contributed by atoms with Crippen LogP contribution in [0.1, 0.15) is 264 Å². The second-order valence-electron chi connectivity index (χ2n) is 19.0. The minimum atomic E-state index is -1.45. The van der Waals surface area contributed by atoms with Gasteiger partial charge in [-0.2, -0.15) is 0 Å². The summed E-state index contributed by atoms with van der Waals surface area (Å²) in [6.45, 7) is 6.13. The molecule has 0 aliphatic carbocycles. The number of amides is 1. The maximum Gasteiger partial charge on any atom is 0.329 e. The van der Waals surface area contributed by atoms with E-state index in [2.05, 4.69) is 35.0 Å². The number of nitrogens with zero attached hydrogens (tertiary/aromatic N) is 2. The second-order valence-corrected chi connectivity index (χ2v) is 19.0. The summed E-state index contributed by atoms with van der Waals surface area (Å²) in [5.41, 5.74) is -1.45. The lowest BCUT2D eigenvalue weighted by molar-refractivity contribution is -0.870. The van der Waals surface area contributed by atoms with Gasteiger partial charge in [-0.1, -0.05) is 213 Å². The summed E-state index contributed by atoms with van der Waals surface area (Å²) in [5, 5.41) is 20.6. The fourth-order valence-electron chi connectivity index (χ4n) is 8.57. The van der Waals surface area contributed by atoms with Crippen molar-refractivity contribution >= 4 is 17.8 Å². The number of carboxylic acid groups (broad SMARTS) is 2. The first-order chi connectivity index (χ1) is 27.5. The predicted octanol–water partition coefficient (Wildman–Crippen LogP) is 14.7. The van der Waals surface area contributed by atoms with Crippen LogP contribution in [0, 0.1) is 0 Å².